The molecule has 1 aliphatic carbocycles. The van der Waals surface area contributed by atoms with Crippen LogP contribution in [0, 0.1) is 5.82 Å². The van der Waals surface area contributed by atoms with Gasteiger partial charge in [0.2, 0.25) is 0 Å². The number of nitrogens with zero attached hydrogens (tertiary/aromatic N) is 4. The van der Waals surface area contributed by atoms with Crippen molar-refractivity contribution in [1.82, 2.24) is 19.7 Å². The van der Waals surface area contributed by atoms with Gasteiger partial charge in [0.1, 0.15) is 29.4 Å². The van der Waals surface area contributed by atoms with Crippen LogP contribution in [0.3, 0.4) is 0 Å². The predicted molar refractivity (Wildman–Crippen MR) is 135 cm³/mol. The van der Waals surface area contributed by atoms with Crippen LogP contribution in [0.4, 0.5) is 26.4 Å². The summed E-state index contributed by atoms with van der Waals surface area (Å²) in [7, 11) is 0. The average Bonchev–Trinajstić information content (AvgIpc) is 3.27. The molecule has 1 aliphatic rings. The SMILES string of the molecule is NCc1cccc(NC(=O)Nc2ccc(-c3nn(C4CCC(=O)CC4)c4ncnc(N)c34)cc2F)c1. The molecule has 0 atom stereocenters. The summed E-state index contributed by atoms with van der Waals surface area (Å²) in [6.45, 7) is 0.339. The minimum absolute atomic E-state index is 0.00461. The summed E-state index contributed by atoms with van der Waals surface area (Å²) < 4.78 is 16.8. The molecule has 6 N–H and O–H groups in total. The Morgan fingerprint density at radius 1 is 1.11 bits per heavy atom. The minimum Gasteiger partial charge on any atom is -0.383 e. The van der Waals surface area contributed by atoms with Crippen molar-refractivity contribution in [1.29, 1.82) is 0 Å². The lowest BCUT2D eigenvalue weighted by Crippen LogP contribution is -2.20. The molecule has 0 bridgehead atoms. The van der Waals surface area contributed by atoms with E-state index in [9.17, 15) is 9.59 Å². The molecule has 2 heterocycles. The van der Waals surface area contributed by atoms with E-state index in [1.807, 2.05) is 6.07 Å². The lowest BCUT2D eigenvalue weighted by molar-refractivity contribution is -0.120. The molecule has 0 unspecified atom stereocenters. The van der Waals surface area contributed by atoms with E-state index in [-0.39, 0.29) is 23.3 Å². The zero-order chi connectivity index (χ0) is 25.2. The van der Waals surface area contributed by atoms with Crippen LogP contribution in [0.15, 0.2) is 48.8 Å². The molecule has 184 valence electrons. The number of ketones is 1. The van der Waals surface area contributed by atoms with E-state index in [1.165, 1.54) is 18.5 Å². The van der Waals surface area contributed by atoms with Gasteiger partial charge in [0.05, 0.1) is 17.1 Å². The van der Waals surface area contributed by atoms with Crippen LogP contribution >= 0.6 is 0 Å². The first kappa shape index (κ1) is 23.4. The lowest BCUT2D eigenvalue weighted by Gasteiger charge is -2.21. The molecular weight excluding hydrogens is 463 g/mol. The lowest BCUT2D eigenvalue weighted by atomic mass is 9.94. The molecule has 1 fully saturated rings. The summed E-state index contributed by atoms with van der Waals surface area (Å²) in [6.07, 6.45) is 3.63. The van der Waals surface area contributed by atoms with Gasteiger partial charge in [-0.15, -0.1) is 0 Å². The van der Waals surface area contributed by atoms with Crippen LogP contribution in [0.1, 0.15) is 37.3 Å². The summed E-state index contributed by atoms with van der Waals surface area (Å²) in [4.78, 5) is 32.6. The minimum atomic E-state index is -0.639. The fourth-order valence-corrected chi connectivity index (χ4v) is 4.45. The quantitative estimate of drug-likeness (QED) is 0.331. The summed E-state index contributed by atoms with van der Waals surface area (Å²) in [5.41, 5.74) is 14.6. The Labute approximate surface area is 205 Å². The number of nitrogens with two attached hydrogens (primary N) is 2. The second-order valence-electron chi connectivity index (χ2n) is 8.70. The molecule has 10 nitrogen and oxygen atoms in total. The Morgan fingerprint density at radius 2 is 1.92 bits per heavy atom. The van der Waals surface area contributed by atoms with Crippen LogP contribution in [0.25, 0.3) is 22.3 Å². The van der Waals surface area contributed by atoms with Gasteiger partial charge in [-0.25, -0.2) is 23.8 Å². The maximum Gasteiger partial charge on any atom is 0.323 e. The summed E-state index contributed by atoms with van der Waals surface area (Å²) >= 11 is 0. The Balaban J connectivity index is 1.42. The second-order valence-corrected chi connectivity index (χ2v) is 8.70. The van der Waals surface area contributed by atoms with Crippen LogP contribution in [0.5, 0.6) is 0 Å². The fourth-order valence-electron chi connectivity index (χ4n) is 4.45. The molecule has 11 heteroatoms. The van der Waals surface area contributed by atoms with E-state index in [1.54, 1.807) is 28.9 Å². The Kier molecular flexibility index (Phi) is 6.30. The number of carbonyl (C=O) groups is 2. The highest BCUT2D eigenvalue weighted by Gasteiger charge is 2.26. The highest BCUT2D eigenvalue weighted by molar-refractivity contribution is 6.01. The monoisotopic (exact) mass is 488 g/mol. The van der Waals surface area contributed by atoms with E-state index < -0.39 is 11.8 Å². The van der Waals surface area contributed by atoms with E-state index in [4.69, 9.17) is 16.6 Å². The molecule has 2 aromatic carbocycles. The van der Waals surface area contributed by atoms with E-state index in [0.717, 1.165) is 5.56 Å². The molecule has 5 rings (SSSR count). The molecule has 0 saturated heterocycles. The van der Waals surface area contributed by atoms with E-state index >= 15 is 4.39 Å². The first-order valence-corrected chi connectivity index (χ1v) is 11.6. The van der Waals surface area contributed by atoms with Gasteiger partial charge in [0.15, 0.2) is 5.65 Å². The Hall–Kier alpha value is -4.38. The van der Waals surface area contributed by atoms with Gasteiger partial charge < -0.3 is 22.1 Å². The summed E-state index contributed by atoms with van der Waals surface area (Å²) in [5.74, 6) is -0.173. The molecule has 36 heavy (non-hydrogen) atoms. The summed E-state index contributed by atoms with van der Waals surface area (Å²) in [6, 6.07) is 10.9. The van der Waals surface area contributed by atoms with Gasteiger partial charge >= 0.3 is 6.03 Å². The Bertz CT molecular complexity index is 1460. The predicted octanol–water partition coefficient (Wildman–Crippen LogP) is 4.00. The van der Waals surface area contributed by atoms with Gasteiger partial charge in [-0.05, 0) is 42.7 Å². The van der Waals surface area contributed by atoms with Crippen molar-refractivity contribution in [2.75, 3.05) is 16.4 Å². The highest BCUT2D eigenvalue weighted by Crippen LogP contribution is 2.36. The third-order valence-corrected chi connectivity index (χ3v) is 6.29. The number of anilines is 3. The van der Waals surface area contributed by atoms with Gasteiger partial charge in [-0.1, -0.05) is 18.2 Å². The molecule has 4 aromatic rings. The molecule has 2 aromatic heterocycles. The zero-order valence-corrected chi connectivity index (χ0v) is 19.4. The first-order valence-electron chi connectivity index (χ1n) is 11.6. The number of Topliss-reactive ketones (excluding diaryl/α,β-unsaturated/α-hetero) is 1. The molecule has 0 aliphatic heterocycles. The number of fused-ring (bicyclic) bond motifs is 1. The first-order chi connectivity index (χ1) is 17.4. The van der Waals surface area contributed by atoms with E-state index in [2.05, 4.69) is 20.6 Å². The van der Waals surface area contributed by atoms with Crippen molar-refractivity contribution >= 4 is 40.0 Å². The molecule has 1 saturated carbocycles. The zero-order valence-electron chi connectivity index (χ0n) is 19.4. The number of carbonyl (C=O) groups excluding carboxylic acids is 2. The maximum atomic E-state index is 15.1. The van der Waals surface area contributed by atoms with Gasteiger partial charge in [-0.2, -0.15) is 5.10 Å². The fraction of sp³-hybridized carbons (Fsp3) is 0.240. The number of halogens is 1. The third kappa shape index (κ3) is 4.60. The van der Waals surface area contributed by atoms with Crippen molar-refractivity contribution in [3.05, 3.63) is 60.2 Å². The number of urea groups is 1. The van der Waals surface area contributed by atoms with Crippen molar-refractivity contribution in [3.63, 3.8) is 0 Å². The molecule has 2 amide bonds. The largest absolute Gasteiger partial charge is 0.383 e. The second kappa shape index (κ2) is 9.70. The third-order valence-electron chi connectivity index (χ3n) is 6.29. The van der Waals surface area contributed by atoms with Gasteiger partial charge in [0, 0.05) is 30.6 Å². The van der Waals surface area contributed by atoms with Crippen LogP contribution in [-0.2, 0) is 11.3 Å². The maximum absolute atomic E-state index is 15.1. The van der Waals surface area contributed by atoms with Crippen molar-refractivity contribution in [2.45, 2.75) is 38.3 Å². The number of benzene rings is 2. The summed E-state index contributed by atoms with van der Waals surface area (Å²) in [5, 5.41) is 10.4. The number of aromatic nitrogens is 4. The number of hydrogen-bond acceptors (Lipinski definition) is 7. The number of amides is 2. The van der Waals surface area contributed by atoms with Crippen molar-refractivity contribution in [3.8, 4) is 11.3 Å². The standard InChI is InChI=1S/C25H25FN8O2/c26-19-11-15(4-9-20(19)32-25(36)31-16-3-1-2-14(10-16)12-27)22-21-23(28)29-13-30-24(21)34(33-22)17-5-7-18(35)8-6-17/h1-4,9-11,13,17H,5-8,12,27H2,(H2,28,29,30)(H2,31,32,36). The molecular formula is C25H25FN8O2. The Morgan fingerprint density at radius 3 is 2.67 bits per heavy atom. The normalized spacial score (nSPS) is 14.2. The van der Waals surface area contributed by atoms with Crippen molar-refractivity contribution < 1.29 is 14.0 Å². The number of hydrogen-bond donors (Lipinski definition) is 4. The smallest absolute Gasteiger partial charge is 0.323 e. The number of nitrogen functional groups attached to an aromatic ring is 1. The van der Waals surface area contributed by atoms with Crippen LogP contribution in [-0.4, -0.2) is 31.6 Å². The van der Waals surface area contributed by atoms with E-state index in [0.29, 0.717) is 60.2 Å². The number of nitrogens with one attached hydrogen (secondary N) is 2. The topological polar surface area (TPSA) is 154 Å². The van der Waals surface area contributed by atoms with Gasteiger partial charge in [0.25, 0.3) is 0 Å². The van der Waals surface area contributed by atoms with Crippen LogP contribution in [0.2, 0.25) is 0 Å². The highest BCUT2D eigenvalue weighted by atomic mass is 19.1. The molecule has 0 radical (unpaired) electrons. The number of rotatable bonds is 5. The van der Waals surface area contributed by atoms with Crippen LogP contribution < -0.4 is 22.1 Å². The van der Waals surface area contributed by atoms with Gasteiger partial charge in [-0.3, -0.25) is 4.79 Å². The average molecular weight is 489 g/mol. The van der Waals surface area contributed by atoms with Crippen molar-refractivity contribution in [2.24, 2.45) is 5.73 Å². The molecule has 0 spiro atoms.